The van der Waals surface area contributed by atoms with Crippen molar-refractivity contribution in [1.29, 1.82) is 0 Å². The van der Waals surface area contributed by atoms with Gasteiger partial charge >= 0.3 is 33.3 Å². The number of hydrogen-bond acceptors (Lipinski definition) is 0. The Morgan fingerprint density at radius 3 is 1.75 bits per heavy atom. The Hall–Kier alpha value is 0.819. The molecule has 0 bridgehead atoms. The van der Waals surface area contributed by atoms with E-state index >= 15 is 0 Å². The van der Waals surface area contributed by atoms with Gasteiger partial charge in [0.2, 0.25) is 0 Å². The molecule has 2 fully saturated rings. The van der Waals surface area contributed by atoms with Crippen LogP contribution in [0.4, 0.5) is 0 Å². The van der Waals surface area contributed by atoms with Gasteiger partial charge in [-0.05, 0) is 25.7 Å². The van der Waals surface area contributed by atoms with E-state index in [-0.39, 0.29) is 13.1 Å². The van der Waals surface area contributed by atoms with E-state index in [1.807, 2.05) is 0 Å². The van der Waals surface area contributed by atoms with E-state index in [0.29, 0.717) is 24.2 Å². The van der Waals surface area contributed by atoms with Gasteiger partial charge in [-0.1, -0.05) is 38.5 Å². The minimum atomic E-state index is 0.00694. The van der Waals surface area contributed by atoms with E-state index in [2.05, 4.69) is 16.8 Å². The predicted molar refractivity (Wildman–Crippen MR) is 135 cm³/mol. The zero-order chi connectivity index (χ0) is 23.3. The number of rotatable bonds is 8. The molecule has 6 N–H and O–H groups in total. The molecule has 0 radical (unpaired) electrons. The Kier molecular flexibility index (Phi) is 21.5. The number of nitrogens with zero attached hydrogens (tertiary/aromatic N) is 5. The maximum absolute atomic E-state index is 5.14. The minimum absolute atomic E-state index is 0.00694. The second kappa shape index (κ2) is 22.3. The van der Waals surface area contributed by atoms with Crippen molar-refractivity contribution in [3.63, 3.8) is 0 Å². The summed E-state index contributed by atoms with van der Waals surface area (Å²) in [5, 5.41) is 24.8. The molecular formula is C22H46Cl2MnN7-3. The van der Waals surface area contributed by atoms with E-state index in [1.165, 1.54) is 51.4 Å². The van der Waals surface area contributed by atoms with Gasteiger partial charge in [0, 0.05) is 0 Å². The van der Waals surface area contributed by atoms with Crippen molar-refractivity contribution in [3.05, 3.63) is 26.6 Å². The average Bonchev–Trinajstić information content (AvgIpc) is 2.80. The van der Waals surface area contributed by atoms with Crippen LogP contribution in [0.25, 0.3) is 26.6 Å². The van der Waals surface area contributed by atoms with E-state index in [0.717, 1.165) is 65.2 Å². The largest absolute Gasteiger partial charge is 0.665 e. The molecule has 10 heteroatoms. The van der Waals surface area contributed by atoms with Crippen molar-refractivity contribution in [2.24, 2.45) is 0 Å². The fourth-order valence-corrected chi connectivity index (χ4v) is 4.36. The summed E-state index contributed by atoms with van der Waals surface area (Å²) in [5.41, 5.74) is 7.96. The smallest absolute Gasteiger partial charge is 0.0739 e. The van der Waals surface area contributed by atoms with Gasteiger partial charge in [0.1, 0.15) is 0 Å². The second-order valence-corrected chi connectivity index (χ2v) is 10.6. The molecule has 193 valence electrons. The molecule has 0 aromatic rings. The van der Waals surface area contributed by atoms with Crippen molar-refractivity contribution < 1.29 is 24.6 Å². The summed E-state index contributed by atoms with van der Waals surface area (Å²) < 4.78 is 0. The topological polar surface area (TPSA) is 126 Å². The van der Waals surface area contributed by atoms with Gasteiger partial charge in [0.05, 0.1) is 13.1 Å². The molecule has 7 nitrogen and oxygen atoms in total. The van der Waals surface area contributed by atoms with Gasteiger partial charge in [-0.3, -0.25) is 0 Å². The Morgan fingerprint density at radius 1 is 0.656 bits per heavy atom. The summed E-state index contributed by atoms with van der Waals surface area (Å²) in [6.45, 7) is 7.07. The van der Waals surface area contributed by atoms with Gasteiger partial charge in [-0.2, -0.15) is 63.4 Å². The van der Waals surface area contributed by atoms with Crippen LogP contribution >= 0.6 is 20.2 Å². The summed E-state index contributed by atoms with van der Waals surface area (Å²) in [7, 11) is 9.59. The average molecular weight is 535 g/mol. The van der Waals surface area contributed by atoms with Crippen LogP contribution in [0, 0.1) is 0 Å². The summed E-state index contributed by atoms with van der Waals surface area (Å²) in [6, 6.07) is 1.48. The molecule has 4 atom stereocenters. The Labute approximate surface area is 211 Å². The number of fused-ring (bicyclic) bond motifs is 1. The maximum atomic E-state index is 5.14. The van der Waals surface area contributed by atoms with Crippen molar-refractivity contribution in [1.82, 2.24) is 0 Å². The first kappa shape index (κ1) is 30.8. The Bertz CT molecular complexity index is 412. The first-order valence-corrected chi connectivity index (χ1v) is 15.7. The molecule has 1 heterocycles. The molecule has 1 saturated carbocycles. The zero-order valence-corrected chi connectivity index (χ0v) is 22.5. The van der Waals surface area contributed by atoms with Crippen molar-refractivity contribution in [3.8, 4) is 0 Å². The van der Waals surface area contributed by atoms with Gasteiger partial charge < -0.3 is 38.1 Å². The van der Waals surface area contributed by atoms with Crippen LogP contribution in [-0.4, -0.2) is 76.5 Å². The molecule has 1 saturated heterocycles. The predicted octanol–water partition coefficient (Wildman–Crippen LogP) is 4.12. The normalized spacial score (nSPS) is 28.5. The van der Waals surface area contributed by atoms with Gasteiger partial charge in [-0.25, -0.2) is 0 Å². The number of hydrogen-bond donors (Lipinski definition) is 2. The SMILES string of the molecule is [Cl][Mn][Cl].[NH3+]CCCC[C@@H]1C[N-][C@@H](CCCC[NH3+])C[N-][C@@H]2CCCC[C@H]2[N-]CC[N-]CC[N-]1. The molecule has 2 rings (SSSR count). The van der Waals surface area contributed by atoms with E-state index in [4.69, 9.17) is 41.5 Å². The molecule has 2 aliphatic rings. The number of quaternary nitrogens is 2. The van der Waals surface area contributed by atoms with Crippen LogP contribution in [0.15, 0.2) is 0 Å². The fraction of sp³-hybridized carbons (Fsp3) is 1.00. The molecule has 1 aliphatic heterocycles. The van der Waals surface area contributed by atoms with Crippen LogP contribution in [-0.2, 0) is 13.1 Å². The van der Waals surface area contributed by atoms with Crippen LogP contribution in [0.1, 0.15) is 64.2 Å². The fourth-order valence-electron chi connectivity index (χ4n) is 4.36. The van der Waals surface area contributed by atoms with Crippen LogP contribution in [0.5, 0.6) is 0 Å². The van der Waals surface area contributed by atoms with E-state index in [9.17, 15) is 0 Å². The van der Waals surface area contributed by atoms with Crippen molar-refractivity contribution >= 4 is 20.2 Å². The van der Waals surface area contributed by atoms with E-state index in [1.54, 1.807) is 0 Å². The van der Waals surface area contributed by atoms with Crippen molar-refractivity contribution in [2.45, 2.75) is 88.4 Å². The molecule has 0 aromatic heterocycles. The molecule has 0 unspecified atom stereocenters. The second-order valence-electron chi connectivity index (χ2n) is 8.69. The minimum Gasteiger partial charge on any atom is -0.665 e. The molecular weight excluding hydrogens is 488 g/mol. The van der Waals surface area contributed by atoms with Gasteiger partial charge in [0.25, 0.3) is 0 Å². The molecule has 0 amide bonds. The quantitative estimate of drug-likeness (QED) is 0.344. The van der Waals surface area contributed by atoms with Crippen LogP contribution in [0.2, 0.25) is 0 Å². The summed E-state index contributed by atoms with van der Waals surface area (Å²) in [4.78, 5) is 0. The van der Waals surface area contributed by atoms with Crippen molar-refractivity contribution in [2.75, 3.05) is 52.4 Å². The summed E-state index contributed by atoms with van der Waals surface area (Å²) in [5.74, 6) is 0. The monoisotopic (exact) mass is 533 g/mol. The third-order valence-corrected chi connectivity index (χ3v) is 6.16. The summed E-state index contributed by atoms with van der Waals surface area (Å²) >= 11 is 0.00694. The van der Waals surface area contributed by atoms with E-state index < -0.39 is 0 Å². The first-order chi connectivity index (χ1) is 15.7. The third kappa shape index (κ3) is 15.7. The molecule has 32 heavy (non-hydrogen) atoms. The van der Waals surface area contributed by atoms with Gasteiger partial charge in [0.15, 0.2) is 0 Å². The zero-order valence-electron chi connectivity index (χ0n) is 19.8. The summed E-state index contributed by atoms with van der Waals surface area (Å²) in [6.07, 6.45) is 12.0. The Balaban J connectivity index is 0.00000161. The van der Waals surface area contributed by atoms with Crippen LogP contribution in [0.3, 0.4) is 0 Å². The molecule has 1 aliphatic carbocycles. The standard InChI is InChI=1S/C22H44N7.2ClH.Mn/c23-11-5-3-7-19-17-28-20(8-4-6-12-24)18-29-22-10-2-1-9-21(22)27-16-14-25-13-15-26-19;;;/h19-22H,1-18,23-24H2;2*1H;/q-5;;;+2/t19-,20+,21-,22-;;;/m1.../s1. The van der Waals surface area contributed by atoms with Gasteiger partial charge in [-0.15, -0.1) is 0 Å². The molecule has 0 spiro atoms. The first-order valence-electron chi connectivity index (χ1n) is 12.5. The molecule has 0 aromatic carbocycles. The third-order valence-electron chi connectivity index (χ3n) is 6.16. The number of halogens is 2. The van der Waals surface area contributed by atoms with Crippen LogP contribution < -0.4 is 11.5 Å². The number of unbranched alkanes of at least 4 members (excludes halogenated alkanes) is 2. The maximum Gasteiger partial charge on any atom is 0.0739 e. The Morgan fingerprint density at radius 2 is 1.16 bits per heavy atom.